The molecular formula is C62H117NO4. The molecule has 0 heterocycles. The predicted octanol–water partition coefficient (Wildman–Crippen LogP) is 18.8. The molecular weight excluding hydrogens is 823 g/mol. The molecule has 1 amide bonds. The second-order valence-electron chi connectivity index (χ2n) is 20.5. The second-order valence-corrected chi connectivity index (χ2v) is 20.5. The molecule has 0 radical (unpaired) electrons. The van der Waals surface area contributed by atoms with Crippen LogP contribution in [0.15, 0.2) is 48.6 Å². The standard InChI is InChI=1S/C62H117NO4/c1-3-5-7-9-11-13-15-17-19-21-23-25-26-27-28-29-30-31-32-33-34-35-37-39-41-43-45-47-49-51-53-55-57-61(66)62(67)63-59(58-64)60(65)56-54-52-50-48-46-44-42-40-38-36-24-22-20-18-16-14-12-10-8-6-4-2/h27-28,38,40,46,48,54,56,59-61,64-66H,3-26,29-37,39,41-45,47,49-53,55,57-58H2,1-2H3,(H,63,67)/b28-27-,40-38+,48-46+,56-54+. The van der Waals surface area contributed by atoms with Crippen molar-refractivity contribution >= 4 is 5.91 Å². The van der Waals surface area contributed by atoms with Gasteiger partial charge >= 0.3 is 0 Å². The summed E-state index contributed by atoms with van der Waals surface area (Å²) < 4.78 is 0. The highest BCUT2D eigenvalue weighted by Gasteiger charge is 2.22. The highest BCUT2D eigenvalue weighted by Crippen LogP contribution is 2.17. The molecule has 3 unspecified atom stereocenters. The van der Waals surface area contributed by atoms with E-state index in [0.717, 1.165) is 44.9 Å². The minimum absolute atomic E-state index is 0.380. The molecule has 0 rings (SSSR count). The number of rotatable bonds is 55. The van der Waals surface area contributed by atoms with Crippen LogP contribution in [0, 0.1) is 0 Å². The minimum Gasteiger partial charge on any atom is -0.394 e. The first-order chi connectivity index (χ1) is 33.1. The van der Waals surface area contributed by atoms with Gasteiger partial charge in [-0.05, 0) is 70.6 Å². The first-order valence-corrected chi connectivity index (χ1v) is 30.0. The molecule has 0 aliphatic heterocycles. The lowest BCUT2D eigenvalue weighted by molar-refractivity contribution is -0.131. The average Bonchev–Trinajstić information content (AvgIpc) is 3.33. The van der Waals surface area contributed by atoms with Crippen molar-refractivity contribution in [3.63, 3.8) is 0 Å². The smallest absolute Gasteiger partial charge is 0.249 e. The van der Waals surface area contributed by atoms with Gasteiger partial charge < -0.3 is 20.6 Å². The Labute approximate surface area is 418 Å². The lowest BCUT2D eigenvalue weighted by Gasteiger charge is -2.21. The molecule has 5 nitrogen and oxygen atoms in total. The number of allylic oxidation sites excluding steroid dienone is 7. The summed E-state index contributed by atoms with van der Waals surface area (Å²) in [6.45, 7) is 4.20. The number of carbonyl (C=O) groups excluding carboxylic acids is 1. The van der Waals surface area contributed by atoms with E-state index in [-0.39, 0.29) is 6.61 Å². The van der Waals surface area contributed by atoms with Crippen LogP contribution in [0.2, 0.25) is 0 Å². The number of unbranched alkanes of at least 4 members (excludes halogenated alkanes) is 41. The Hall–Kier alpha value is -1.69. The minimum atomic E-state index is -1.11. The first-order valence-electron chi connectivity index (χ1n) is 30.0. The van der Waals surface area contributed by atoms with Crippen LogP contribution in [0.1, 0.15) is 316 Å². The third-order valence-electron chi connectivity index (χ3n) is 13.9. The quantitative estimate of drug-likeness (QED) is 0.0361. The molecule has 0 aromatic rings. The van der Waals surface area contributed by atoms with Crippen LogP contribution < -0.4 is 5.32 Å². The second kappa shape index (κ2) is 56.9. The van der Waals surface area contributed by atoms with Crippen molar-refractivity contribution < 1.29 is 20.1 Å². The van der Waals surface area contributed by atoms with Crippen molar-refractivity contribution in [1.29, 1.82) is 0 Å². The largest absolute Gasteiger partial charge is 0.394 e. The monoisotopic (exact) mass is 940 g/mol. The molecule has 0 saturated heterocycles. The van der Waals surface area contributed by atoms with Gasteiger partial charge in [-0.2, -0.15) is 0 Å². The molecule has 0 aromatic heterocycles. The van der Waals surface area contributed by atoms with Crippen LogP contribution in [-0.2, 0) is 4.79 Å². The molecule has 0 bridgehead atoms. The average molecular weight is 941 g/mol. The van der Waals surface area contributed by atoms with Gasteiger partial charge in [0.2, 0.25) is 5.91 Å². The van der Waals surface area contributed by atoms with E-state index in [1.54, 1.807) is 6.08 Å². The predicted molar refractivity (Wildman–Crippen MR) is 296 cm³/mol. The van der Waals surface area contributed by atoms with Crippen molar-refractivity contribution in [1.82, 2.24) is 5.32 Å². The number of amides is 1. The van der Waals surface area contributed by atoms with Crippen molar-refractivity contribution in [3.05, 3.63) is 48.6 Å². The molecule has 5 heteroatoms. The SMILES string of the molecule is CCCCCCCCCCCCC/C=C/CC/C=C/CC/C=C/C(O)C(CO)NC(=O)C(O)CCCCCCCCCCCCCCCCCC/C=C\CCCCCCCCCCCCCC. The van der Waals surface area contributed by atoms with E-state index < -0.39 is 24.2 Å². The fourth-order valence-electron chi connectivity index (χ4n) is 9.22. The van der Waals surface area contributed by atoms with E-state index in [2.05, 4.69) is 55.6 Å². The van der Waals surface area contributed by atoms with E-state index in [4.69, 9.17) is 0 Å². The third kappa shape index (κ3) is 52.0. The van der Waals surface area contributed by atoms with Crippen LogP contribution in [0.4, 0.5) is 0 Å². The first kappa shape index (κ1) is 65.3. The number of aliphatic hydroxyl groups is 3. The summed E-state index contributed by atoms with van der Waals surface area (Å²) in [6, 6.07) is -0.822. The Kier molecular flexibility index (Phi) is 55.5. The number of hydrogen-bond donors (Lipinski definition) is 4. The van der Waals surface area contributed by atoms with Crippen LogP contribution in [0.5, 0.6) is 0 Å². The summed E-state index contributed by atoms with van der Waals surface area (Å²) in [5.74, 6) is -0.513. The lowest BCUT2D eigenvalue weighted by Crippen LogP contribution is -2.48. The fraction of sp³-hybridized carbons (Fsp3) is 0.855. The Morgan fingerprint density at radius 2 is 0.612 bits per heavy atom. The van der Waals surface area contributed by atoms with E-state index in [1.807, 2.05) is 6.08 Å². The number of nitrogens with one attached hydrogen (secondary N) is 1. The van der Waals surface area contributed by atoms with Gasteiger partial charge in [-0.3, -0.25) is 4.79 Å². The fourth-order valence-corrected chi connectivity index (χ4v) is 9.22. The van der Waals surface area contributed by atoms with Gasteiger partial charge in [0.1, 0.15) is 6.10 Å². The van der Waals surface area contributed by atoms with E-state index in [0.29, 0.717) is 6.42 Å². The summed E-state index contributed by atoms with van der Waals surface area (Å²) in [4.78, 5) is 12.6. The zero-order chi connectivity index (χ0) is 48.6. The van der Waals surface area contributed by atoms with Gasteiger partial charge in [-0.15, -0.1) is 0 Å². The van der Waals surface area contributed by atoms with Crippen LogP contribution in [-0.4, -0.2) is 46.1 Å². The van der Waals surface area contributed by atoms with Crippen LogP contribution in [0.3, 0.4) is 0 Å². The Morgan fingerprint density at radius 1 is 0.358 bits per heavy atom. The molecule has 67 heavy (non-hydrogen) atoms. The Morgan fingerprint density at radius 3 is 0.910 bits per heavy atom. The molecule has 3 atom stereocenters. The van der Waals surface area contributed by atoms with E-state index >= 15 is 0 Å². The van der Waals surface area contributed by atoms with Crippen LogP contribution >= 0.6 is 0 Å². The maximum absolute atomic E-state index is 12.6. The van der Waals surface area contributed by atoms with Gasteiger partial charge in [-0.1, -0.05) is 294 Å². The van der Waals surface area contributed by atoms with Crippen molar-refractivity contribution in [2.24, 2.45) is 0 Å². The van der Waals surface area contributed by atoms with Crippen molar-refractivity contribution in [3.8, 4) is 0 Å². The maximum Gasteiger partial charge on any atom is 0.249 e. The van der Waals surface area contributed by atoms with Crippen molar-refractivity contribution in [2.75, 3.05) is 6.61 Å². The van der Waals surface area contributed by atoms with Gasteiger partial charge in [0.15, 0.2) is 0 Å². The van der Waals surface area contributed by atoms with E-state index in [9.17, 15) is 20.1 Å². The highest BCUT2D eigenvalue weighted by atomic mass is 16.3. The zero-order valence-corrected chi connectivity index (χ0v) is 45.0. The van der Waals surface area contributed by atoms with Gasteiger partial charge in [-0.25, -0.2) is 0 Å². The molecule has 394 valence electrons. The number of hydrogen-bond acceptors (Lipinski definition) is 4. The highest BCUT2D eigenvalue weighted by molar-refractivity contribution is 5.80. The zero-order valence-electron chi connectivity index (χ0n) is 45.0. The van der Waals surface area contributed by atoms with Crippen LogP contribution in [0.25, 0.3) is 0 Å². The van der Waals surface area contributed by atoms with Crippen molar-refractivity contribution in [2.45, 2.75) is 334 Å². The Bertz CT molecular complexity index is 1080. The topological polar surface area (TPSA) is 89.8 Å². The maximum atomic E-state index is 12.6. The summed E-state index contributed by atoms with van der Waals surface area (Å²) in [5, 5.41) is 33.4. The molecule has 0 saturated carbocycles. The summed E-state index contributed by atoms with van der Waals surface area (Å²) in [5.41, 5.74) is 0. The molecule has 4 N–H and O–H groups in total. The Balaban J connectivity index is 3.57. The number of carbonyl (C=O) groups is 1. The number of aliphatic hydroxyl groups excluding tert-OH is 3. The normalized spacial score (nSPS) is 13.6. The van der Waals surface area contributed by atoms with E-state index in [1.165, 1.54) is 250 Å². The molecule has 0 fully saturated rings. The lowest BCUT2D eigenvalue weighted by atomic mass is 10.0. The molecule has 0 aliphatic carbocycles. The van der Waals surface area contributed by atoms with Gasteiger partial charge in [0.05, 0.1) is 18.8 Å². The van der Waals surface area contributed by atoms with Gasteiger partial charge in [0, 0.05) is 0 Å². The summed E-state index contributed by atoms with van der Waals surface area (Å²) in [6.07, 6.45) is 76.4. The van der Waals surface area contributed by atoms with Gasteiger partial charge in [0.25, 0.3) is 0 Å². The molecule has 0 spiro atoms. The molecule has 0 aromatic carbocycles. The summed E-state index contributed by atoms with van der Waals surface area (Å²) >= 11 is 0. The molecule has 0 aliphatic rings. The summed E-state index contributed by atoms with van der Waals surface area (Å²) in [7, 11) is 0. The third-order valence-corrected chi connectivity index (χ3v) is 13.9.